The highest BCUT2D eigenvalue weighted by atomic mass is 16.7. The summed E-state index contributed by atoms with van der Waals surface area (Å²) in [6, 6.07) is 4.67. The van der Waals surface area contributed by atoms with Crippen molar-refractivity contribution < 1.29 is 19.1 Å². The van der Waals surface area contributed by atoms with Gasteiger partial charge in [-0.15, -0.1) is 0 Å². The van der Waals surface area contributed by atoms with Gasteiger partial charge in [-0.2, -0.15) is 0 Å². The third kappa shape index (κ3) is 3.10. The van der Waals surface area contributed by atoms with Crippen molar-refractivity contribution in [2.45, 2.75) is 19.3 Å². The molecule has 1 aliphatic rings. The summed E-state index contributed by atoms with van der Waals surface area (Å²) in [6.45, 7) is 6.08. The number of hydrogen-bond donors (Lipinski definition) is 0. The monoisotopic (exact) mass is 265 g/mol. The zero-order chi connectivity index (χ0) is 13.8. The summed E-state index contributed by atoms with van der Waals surface area (Å²) in [5, 5.41) is 11.0. The minimum atomic E-state index is -0.554. The van der Waals surface area contributed by atoms with E-state index in [9.17, 15) is 10.1 Å². The van der Waals surface area contributed by atoms with E-state index in [-0.39, 0.29) is 24.1 Å². The van der Waals surface area contributed by atoms with E-state index in [1.807, 2.05) is 6.92 Å². The third-order valence-corrected chi connectivity index (χ3v) is 2.65. The van der Waals surface area contributed by atoms with Crippen molar-refractivity contribution in [3.63, 3.8) is 0 Å². The summed E-state index contributed by atoms with van der Waals surface area (Å²) < 4.78 is 16.2. The molecular weight excluding hydrogens is 250 g/mol. The quantitative estimate of drug-likeness (QED) is 0.465. The lowest BCUT2D eigenvalue weighted by atomic mass is 10.2. The predicted octanol–water partition coefficient (Wildman–Crippen LogP) is 2.59. The van der Waals surface area contributed by atoms with Gasteiger partial charge in [0.2, 0.25) is 0 Å². The molecular formula is C13H15NO5. The number of nitro groups is 1. The highest BCUT2D eigenvalue weighted by Crippen LogP contribution is 2.34. The summed E-state index contributed by atoms with van der Waals surface area (Å²) in [6.07, 6.45) is 0.964. The molecule has 19 heavy (non-hydrogen) atoms. The molecule has 2 unspecified atom stereocenters. The maximum absolute atomic E-state index is 11.0. The Morgan fingerprint density at radius 2 is 2.42 bits per heavy atom. The van der Waals surface area contributed by atoms with E-state index < -0.39 is 11.2 Å². The molecule has 2 atom stereocenters. The van der Waals surface area contributed by atoms with Crippen LogP contribution >= 0.6 is 0 Å². The van der Waals surface area contributed by atoms with Gasteiger partial charge in [0.15, 0.2) is 12.0 Å². The Bertz CT molecular complexity index is 488. The van der Waals surface area contributed by atoms with Gasteiger partial charge in [-0.3, -0.25) is 10.1 Å². The van der Waals surface area contributed by atoms with Crippen LogP contribution in [-0.2, 0) is 9.47 Å². The average molecular weight is 265 g/mol. The number of nitrogens with zero attached hydrogens (tertiary/aromatic N) is 1. The Kier molecular flexibility index (Phi) is 4.13. The van der Waals surface area contributed by atoms with Crippen LogP contribution < -0.4 is 4.74 Å². The second kappa shape index (κ2) is 5.81. The second-order valence-electron chi connectivity index (χ2n) is 4.20. The average Bonchev–Trinajstić information content (AvgIpc) is 2.82. The Morgan fingerprint density at radius 1 is 1.63 bits per heavy atom. The lowest BCUT2D eigenvalue weighted by Gasteiger charge is -2.11. The lowest BCUT2D eigenvalue weighted by Crippen LogP contribution is -2.04. The van der Waals surface area contributed by atoms with E-state index in [4.69, 9.17) is 14.2 Å². The van der Waals surface area contributed by atoms with E-state index in [1.165, 1.54) is 12.1 Å². The fraction of sp³-hybridized carbons (Fsp3) is 0.385. The molecule has 0 aliphatic carbocycles. The van der Waals surface area contributed by atoms with Crippen LogP contribution in [-0.4, -0.2) is 24.2 Å². The first kappa shape index (κ1) is 13.5. The maximum atomic E-state index is 11.0. The Balaban J connectivity index is 2.25. The molecule has 6 heteroatoms. The van der Waals surface area contributed by atoms with Crippen LogP contribution in [0.1, 0.15) is 18.8 Å². The number of nitro benzene ring substituents is 1. The predicted molar refractivity (Wildman–Crippen MR) is 68.0 cm³/mol. The standard InChI is InChI=1S/C13H15NO5/c1-3-6-17-12-5-4-10(7-11(12)14(15)16)13-18-8-9(2)19-13/h3-5,7,9,13H,1,6,8H2,2H3. The number of ether oxygens (including phenoxy) is 3. The van der Waals surface area contributed by atoms with Gasteiger partial charge < -0.3 is 14.2 Å². The first-order valence-corrected chi connectivity index (χ1v) is 5.91. The van der Waals surface area contributed by atoms with Gasteiger partial charge in [-0.05, 0) is 19.1 Å². The molecule has 0 radical (unpaired) electrons. The smallest absolute Gasteiger partial charge is 0.311 e. The van der Waals surface area contributed by atoms with E-state index in [0.717, 1.165) is 0 Å². The fourth-order valence-corrected chi connectivity index (χ4v) is 1.78. The van der Waals surface area contributed by atoms with Gasteiger partial charge in [0.25, 0.3) is 0 Å². The molecule has 1 heterocycles. The van der Waals surface area contributed by atoms with Crippen LogP contribution in [0.3, 0.4) is 0 Å². The van der Waals surface area contributed by atoms with Gasteiger partial charge >= 0.3 is 5.69 Å². The molecule has 1 fully saturated rings. The van der Waals surface area contributed by atoms with Gasteiger partial charge in [-0.25, -0.2) is 0 Å². The van der Waals surface area contributed by atoms with Gasteiger partial charge in [0.1, 0.15) is 6.61 Å². The first-order valence-electron chi connectivity index (χ1n) is 5.91. The molecule has 6 nitrogen and oxygen atoms in total. The van der Waals surface area contributed by atoms with Crippen molar-refractivity contribution in [1.29, 1.82) is 0 Å². The van der Waals surface area contributed by atoms with Crippen molar-refractivity contribution in [2.75, 3.05) is 13.2 Å². The summed E-state index contributed by atoms with van der Waals surface area (Å²) in [5.41, 5.74) is 0.508. The van der Waals surface area contributed by atoms with E-state index in [1.54, 1.807) is 12.1 Å². The normalized spacial score (nSPS) is 22.2. The van der Waals surface area contributed by atoms with Crippen LogP contribution in [0, 0.1) is 10.1 Å². The molecule has 2 rings (SSSR count). The van der Waals surface area contributed by atoms with Gasteiger partial charge in [0, 0.05) is 11.6 Å². The van der Waals surface area contributed by atoms with Crippen molar-refractivity contribution in [3.05, 3.63) is 46.5 Å². The van der Waals surface area contributed by atoms with Crippen molar-refractivity contribution in [2.24, 2.45) is 0 Å². The molecule has 0 spiro atoms. The van der Waals surface area contributed by atoms with Crippen LogP contribution in [0.4, 0.5) is 5.69 Å². The van der Waals surface area contributed by atoms with Crippen LogP contribution in [0.5, 0.6) is 5.75 Å². The molecule has 102 valence electrons. The Hall–Kier alpha value is -1.92. The maximum Gasteiger partial charge on any atom is 0.311 e. The topological polar surface area (TPSA) is 70.8 Å². The molecule has 0 bridgehead atoms. The molecule has 1 saturated heterocycles. The summed E-state index contributed by atoms with van der Waals surface area (Å²) in [4.78, 5) is 10.5. The summed E-state index contributed by atoms with van der Waals surface area (Å²) >= 11 is 0. The molecule has 1 aliphatic heterocycles. The lowest BCUT2D eigenvalue weighted by molar-refractivity contribution is -0.386. The van der Waals surface area contributed by atoms with Gasteiger partial charge in [0.05, 0.1) is 17.6 Å². The molecule has 0 aromatic heterocycles. The minimum absolute atomic E-state index is 0.0132. The zero-order valence-electron chi connectivity index (χ0n) is 10.6. The highest BCUT2D eigenvalue weighted by molar-refractivity contribution is 5.49. The second-order valence-corrected chi connectivity index (χ2v) is 4.20. The number of benzene rings is 1. The van der Waals surface area contributed by atoms with E-state index in [0.29, 0.717) is 12.2 Å². The Morgan fingerprint density at radius 3 is 3.00 bits per heavy atom. The number of rotatable bonds is 5. The molecule has 0 saturated carbocycles. The third-order valence-electron chi connectivity index (χ3n) is 2.65. The summed E-state index contributed by atoms with van der Waals surface area (Å²) in [5.74, 6) is 0.208. The first-order chi connectivity index (χ1) is 9.11. The molecule has 1 aromatic carbocycles. The SMILES string of the molecule is C=CCOc1ccc(C2OCC(C)O2)cc1[N+](=O)[O-]. The fourth-order valence-electron chi connectivity index (χ4n) is 1.78. The van der Waals surface area contributed by atoms with Crippen LogP contribution in [0.25, 0.3) is 0 Å². The van der Waals surface area contributed by atoms with Gasteiger partial charge in [-0.1, -0.05) is 12.7 Å². The number of hydrogen-bond acceptors (Lipinski definition) is 5. The Labute approximate surface area is 110 Å². The highest BCUT2D eigenvalue weighted by Gasteiger charge is 2.27. The molecule has 0 N–H and O–H groups in total. The summed E-state index contributed by atoms with van der Waals surface area (Å²) in [7, 11) is 0. The van der Waals surface area contributed by atoms with E-state index >= 15 is 0 Å². The van der Waals surface area contributed by atoms with E-state index in [2.05, 4.69) is 6.58 Å². The zero-order valence-corrected chi connectivity index (χ0v) is 10.6. The molecule has 0 amide bonds. The largest absolute Gasteiger partial charge is 0.483 e. The minimum Gasteiger partial charge on any atom is -0.483 e. The van der Waals surface area contributed by atoms with Crippen LogP contribution in [0.15, 0.2) is 30.9 Å². The van der Waals surface area contributed by atoms with Crippen LogP contribution in [0.2, 0.25) is 0 Å². The van der Waals surface area contributed by atoms with Crippen molar-refractivity contribution >= 4 is 5.69 Å². The van der Waals surface area contributed by atoms with Crippen molar-refractivity contribution in [3.8, 4) is 5.75 Å². The van der Waals surface area contributed by atoms with Crippen molar-refractivity contribution in [1.82, 2.24) is 0 Å². The molecule has 1 aromatic rings.